The van der Waals surface area contributed by atoms with Gasteiger partial charge in [0.1, 0.15) is 5.75 Å². The van der Waals surface area contributed by atoms with E-state index in [1.54, 1.807) is 0 Å². The van der Waals surface area contributed by atoms with Crippen LogP contribution in [0.2, 0.25) is 0 Å². The maximum atomic E-state index is 12.1. The average molecular weight is 219 g/mol. The summed E-state index contributed by atoms with van der Waals surface area (Å²) >= 11 is 0. The zero-order valence-electron chi connectivity index (χ0n) is 7.76. The van der Waals surface area contributed by atoms with Crippen LogP contribution in [-0.4, -0.2) is 19.1 Å². The molecule has 0 radical (unpaired) electrons. The molecule has 0 saturated heterocycles. The predicted molar refractivity (Wildman–Crippen MR) is 47.8 cm³/mol. The summed E-state index contributed by atoms with van der Waals surface area (Å²) in [7, 11) is 1.29. The molecular weight excluding hydrogens is 211 g/mol. The summed E-state index contributed by atoms with van der Waals surface area (Å²) in [5.74, 6) is -1.82. The summed E-state index contributed by atoms with van der Waals surface area (Å²) in [5.41, 5.74) is 4.45. The van der Waals surface area contributed by atoms with Gasteiger partial charge in [0.2, 0.25) is 0 Å². The highest BCUT2D eigenvalue weighted by Gasteiger charge is 2.40. The zero-order valence-corrected chi connectivity index (χ0v) is 7.76. The van der Waals surface area contributed by atoms with Gasteiger partial charge in [0, 0.05) is 5.69 Å². The molecule has 1 aromatic rings. The molecule has 0 aliphatic carbocycles. The third-order valence-corrected chi connectivity index (χ3v) is 1.76. The highest BCUT2D eigenvalue weighted by atomic mass is 19.4. The van der Waals surface area contributed by atoms with Gasteiger partial charge in [-0.15, -0.1) is 0 Å². The van der Waals surface area contributed by atoms with Crippen molar-refractivity contribution in [3.05, 3.63) is 23.8 Å². The van der Waals surface area contributed by atoms with E-state index in [2.05, 4.69) is 0 Å². The maximum Gasteiger partial charge on any atom is 0.454 e. The molecule has 0 heterocycles. The predicted octanol–water partition coefficient (Wildman–Crippen LogP) is 2.02. The van der Waals surface area contributed by atoms with Crippen LogP contribution in [0.4, 0.5) is 18.9 Å². The number of nitrogens with two attached hydrogens (primary N) is 1. The Morgan fingerprint density at radius 2 is 2.00 bits per heavy atom. The Kier molecular flexibility index (Phi) is 2.88. The first-order valence-corrected chi connectivity index (χ1v) is 3.91. The number of rotatable bonds is 2. The normalized spacial score (nSPS) is 11.2. The van der Waals surface area contributed by atoms with E-state index in [1.165, 1.54) is 19.2 Å². The van der Waals surface area contributed by atoms with E-state index in [4.69, 9.17) is 10.5 Å². The molecule has 0 spiro atoms. The van der Waals surface area contributed by atoms with Crippen LogP contribution in [0.25, 0.3) is 0 Å². The number of ether oxygens (including phenoxy) is 1. The number of ketones is 1. The molecule has 0 unspecified atom stereocenters. The Hall–Kier alpha value is -1.72. The van der Waals surface area contributed by atoms with Gasteiger partial charge in [0.15, 0.2) is 0 Å². The molecule has 0 amide bonds. The summed E-state index contributed by atoms with van der Waals surface area (Å²) in [6.45, 7) is 0. The largest absolute Gasteiger partial charge is 0.497 e. The van der Waals surface area contributed by atoms with Crippen LogP contribution >= 0.6 is 0 Å². The minimum atomic E-state index is -4.93. The van der Waals surface area contributed by atoms with Crippen LogP contribution in [0, 0.1) is 0 Å². The number of carbonyl (C=O) groups is 1. The second-order valence-electron chi connectivity index (χ2n) is 2.78. The van der Waals surface area contributed by atoms with Gasteiger partial charge in [-0.05, 0) is 18.2 Å². The first kappa shape index (κ1) is 11.4. The van der Waals surface area contributed by atoms with Gasteiger partial charge in [0.25, 0.3) is 5.78 Å². The van der Waals surface area contributed by atoms with E-state index < -0.39 is 17.5 Å². The Labute approximate surface area is 83.6 Å². The third-order valence-electron chi connectivity index (χ3n) is 1.76. The summed E-state index contributed by atoms with van der Waals surface area (Å²) < 4.78 is 41.0. The van der Waals surface area contributed by atoms with Gasteiger partial charge in [-0.2, -0.15) is 13.2 Å². The van der Waals surface area contributed by atoms with E-state index in [0.717, 1.165) is 6.07 Å². The van der Waals surface area contributed by atoms with Crippen molar-refractivity contribution < 1.29 is 22.7 Å². The highest BCUT2D eigenvalue weighted by molar-refractivity contribution is 6.04. The van der Waals surface area contributed by atoms with Crippen LogP contribution in [0.5, 0.6) is 5.75 Å². The van der Waals surface area contributed by atoms with Gasteiger partial charge in [-0.3, -0.25) is 4.79 Å². The van der Waals surface area contributed by atoms with Gasteiger partial charge in [-0.25, -0.2) is 0 Å². The lowest BCUT2D eigenvalue weighted by Crippen LogP contribution is -2.23. The van der Waals surface area contributed by atoms with Gasteiger partial charge < -0.3 is 10.5 Å². The number of methoxy groups -OCH3 is 1. The molecule has 0 aromatic heterocycles. The van der Waals surface area contributed by atoms with Gasteiger partial charge >= 0.3 is 6.18 Å². The monoisotopic (exact) mass is 219 g/mol. The van der Waals surface area contributed by atoms with E-state index in [1.807, 2.05) is 0 Å². The van der Waals surface area contributed by atoms with E-state index in [0.29, 0.717) is 0 Å². The molecule has 1 aromatic carbocycles. The fraction of sp³-hybridized carbons (Fsp3) is 0.222. The summed E-state index contributed by atoms with van der Waals surface area (Å²) in [6, 6.07) is 3.53. The SMILES string of the molecule is COc1ccc(N)c(C(=O)C(F)(F)F)c1. The van der Waals surface area contributed by atoms with Crippen LogP contribution in [0.1, 0.15) is 10.4 Å². The molecule has 0 saturated carbocycles. The summed E-state index contributed by atoms with van der Waals surface area (Å²) in [5, 5.41) is 0. The number of halogens is 3. The molecule has 6 heteroatoms. The van der Waals surface area contributed by atoms with E-state index >= 15 is 0 Å². The average Bonchev–Trinajstić information content (AvgIpc) is 2.16. The minimum Gasteiger partial charge on any atom is -0.497 e. The molecule has 3 nitrogen and oxygen atoms in total. The molecular formula is C9H8F3NO2. The van der Waals surface area contributed by atoms with Gasteiger partial charge in [-0.1, -0.05) is 0 Å². The number of benzene rings is 1. The van der Waals surface area contributed by atoms with E-state index in [-0.39, 0.29) is 11.4 Å². The zero-order chi connectivity index (χ0) is 11.6. The Balaban J connectivity index is 3.19. The molecule has 0 aliphatic heterocycles. The number of nitrogen functional groups attached to an aromatic ring is 1. The van der Waals surface area contributed by atoms with Crippen molar-refractivity contribution in [3.63, 3.8) is 0 Å². The molecule has 0 fully saturated rings. The standard InChI is InChI=1S/C9H8F3NO2/c1-15-5-2-3-7(13)6(4-5)8(14)9(10,11)12/h2-4H,13H2,1H3. The highest BCUT2D eigenvalue weighted by Crippen LogP contribution is 2.27. The van der Waals surface area contributed by atoms with Crippen LogP contribution < -0.4 is 10.5 Å². The first-order valence-electron chi connectivity index (χ1n) is 3.91. The Bertz CT molecular complexity index is 387. The van der Waals surface area contributed by atoms with Crippen molar-refractivity contribution in [1.29, 1.82) is 0 Å². The summed E-state index contributed by atoms with van der Waals surface area (Å²) in [6.07, 6.45) is -4.93. The van der Waals surface area contributed by atoms with Crippen molar-refractivity contribution >= 4 is 11.5 Å². The number of anilines is 1. The first-order chi connectivity index (χ1) is 6.86. The van der Waals surface area contributed by atoms with Crippen molar-refractivity contribution in [3.8, 4) is 5.75 Å². The molecule has 82 valence electrons. The number of Topliss-reactive ketones (excluding diaryl/α,β-unsaturated/α-hetero) is 1. The minimum absolute atomic E-state index is 0.150. The topological polar surface area (TPSA) is 52.3 Å². The number of hydrogen-bond acceptors (Lipinski definition) is 3. The lowest BCUT2D eigenvalue weighted by Gasteiger charge is -2.09. The Morgan fingerprint density at radius 1 is 1.40 bits per heavy atom. The number of hydrogen-bond donors (Lipinski definition) is 1. The lowest BCUT2D eigenvalue weighted by molar-refractivity contribution is -0.0884. The van der Waals surface area contributed by atoms with Crippen molar-refractivity contribution in [2.75, 3.05) is 12.8 Å². The second kappa shape index (κ2) is 3.80. The van der Waals surface area contributed by atoms with E-state index in [9.17, 15) is 18.0 Å². The molecule has 1 rings (SSSR count). The molecule has 15 heavy (non-hydrogen) atoms. The Morgan fingerprint density at radius 3 is 2.47 bits per heavy atom. The number of carbonyl (C=O) groups excluding carboxylic acids is 1. The molecule has 0 atom stereocenters. The van der Waals surface area contributed by atoms with Crippen molar-refractivity contribution in [1.82, 2.24) is 0 Å². The summed E-state index contributed by atoms with van der Waals surface area (Å²) in [4.78, 5) is 10.9. The van der Waals surface area contributed by atoms with Crippen molar-refractivity contribution in [2.45, 2.75) is 6.18 Å². The third kappa shape index (κ3) is 2.39. The van der Waals surface area contributed by atoms with Crippen LogP contribution in [-0.2, 0) is 0 Å². The lowest BCUT2D eigenvalue weighted by atomic mass is 10.1. The smallest absolute Gasteiger partial charge is 0.454 e. The fourth-order valence-corrected chi connectivity index (χ4v) is 1.01. The van der Waals surface area contributed by atoms with Crippen LogP contribution in [0.3, 0.4) is 0 Å². The molecule has 0 aliphatic rings. The van der Waals surface area contributed by atoms with Crippen LogP contribution in [0.15, 0.2) is 18.2 Å². The molecule has 2 N–H and O–H groups in total. The van der Waals surface area contributed by atoms with Gasteiger partial charge in [0.05, 0.1) is 12.7 Å². The number of alkyl halides is 3. The van der Waals surface area contributed by atoms with Crippen molar-refractivity contribution in [2.24, 2.45) is 0 Å². The maximum absolute atomic E-state index is 12.1. The fourth-order valence-electron chi connectivity index (χ4n) is 1.01. The second-order valence-corrected chi connectivity index (χ2v) is 2.78. The quantitative estimate of drug-likeness (QED) is 0.611. The molecule has 0 bridgehead atoms.